The molecule has 0 saturated heterocycles. The summed E-state index contributed by atoms with van der Waals surface area (Å²) >= 11 is 37.1. The maximum atomic E-state index is 12.2. The predicted octanol–water partition coefficient (Wildman–Crippen LogP) is 14.1. The van der Waals surface area contributed by atoms with Gasteiger partial charge in [0.1, 0.15) is 0 Å². The highest BCUT2D eigenvalue weighted by Gasteiger charge is 2.27. The molecule has 0 aliphatic rings. The second-order valence-corrected chi connectivity index (χ2v) is 29.7. The third-order valence-electron chi connectivity index (χ3n) is 7.61. The minimum absolute atomic E-state index is 0.181. The van der Waals surface area contributed by atoms with Crippen LogP contribution in [0.1, 0.15) is 148 Å². The van der Waals surface area contributed by atoms with Crippen LogP contribution < -0.4 is 0 Å². The number of halogens is 7. The van der Waals surface area contributed by atoms with Crippen molar-refractivity contribution >= 4 is 78.5 Å². The van der Waals surface area contributed by atoms with E-state index < -0.39 is 12.0 Å². The zero-order chi connectivity index (χ0) is 27.8. The van der Waals surface area contributed by atoms with Crippen LogP contribution in [0.3, 0.4) is 0 Å². The molecule has 2 atom stereocenters. The predicted molar refractivity (Wildman–Crippen MR) is 176 cm³/mol. The van der Waals surface area contributed by atoms with Crippen LogP contribution in [0.5, 0.6) is 0 Å². The number of rotatable bonds is 28. The van der Waals surface area contributed by atoms with Gasteiger partial charge in [-0.05, 0) is 43.2 Å². The molecule has 0 aliphatic heterocycles. The van der Waals surface area contributed by atoms with E-state index in [1.807, 2.05) is 0 Å². The van der Waals surface area contributed by atoms with Crippen molar-refractivity contribution in [2.24, 2.45) is 11.8 Å². The third-order valence-corrected chi connectivity index (χ3v) is 12.7. The average Bonchev–Trinajstić information content (AvgIpc) is 2.82. The Morgan fingerprint density at radius 2 is 0.730 bits per heavy atom. The van der Waals surface area contributed by atoms with E-state index in [1.54, 1.807) is 0 Å². The lowest BCUT2D eigenvalue weighted by molar-refractivity contribution is 0.375. The standard InChI is InChI=1S/C28H55Cl6FSi2/c1-2-3-4-5-8-13-18-27(22-25-36(29,30)31)20-15-10-11-16-21-28(23-26-37(32,33)34)19-14-9-6-7-12-17-24-35/h27-28H,2-26H2,1H3. The van der Waals surface area contributed by atoms with Crippen LogP contribution in [-0.4, -0.2) is 18.7 Å². The Balaban J connectivity index is 4.25. The van der Waals surface area contributed by atoms with Crippen molar-refractivity contribution in [2.45, 2.75) is 160 Å². The quantitative estimate of drug-likeness (QED) is 0.0439. The minimum atomic E-state index is -2.55. The Morgan fingerprint density at radius 3 is 1.03 bits per heavy atom. The van der Waals surface area contributed by atoms with Crippen molar-refractivity contribution in [3.05, 3.63) is 0 Å². The molecular formula is C28H55Cl6FSi2. The normalized spacial score (nSPS) is 14.3. The highest BCUT2D eigenvalue weighted by atomic mass is 35.8. The van der Waals surface area contributed by atoms with Gasteiger partial charge < -0.3 is 0 Å². The van der Waals surface area contributed by atoms with Crippen LogP contribution in [0.15, 0.2) is 0 Å². The summed E-state index contributed by atoms with van der Waals surface area (Å²) in [5.74, 6) is 1.38. The molecule has 0 amide bonds. The van der Waals surface area contributed by atoms with E-state index in [1.165, 1.54) is 109 Å². The summed E-state index contributed by atoms with van der Waals surface area (Å²) in [7, 11) is 0. The lowest BCUT2D eigenvalue weighted by Crippen LogP contribution is -2.12. The van der Waals surface area contributed by atoms with E-state index >= 15 is 0 Å². The minimum Gasteiger partial charge on any atom is -0.251 e. The van der Waals surface area contributed by atoms with Crippen LogP contribution >= 0.6 is 66.5 Å². The summed E-state index contributed by atoms with van der Waals surface area (Å²) in [4.78, 5) is 0. The van der Waals surface area contributed by atoms with Crippen LogP contribution in [0, 0.1) is 11.8 Å². The maximum Gasteiger partial charge on any atom is 0.341 e. The van der Waals surface area contributed by atoms with E-state index in [9.17, 15) is 4.39 Å². The molecule has 0 bridgehead atoms. The number of unbranched alkanes of at least 4 members (excludes halogenated alkanes) is 13. The Morgan fingerprint density at radius 1 is 0.432 bits per heavy atom. The van der Waals surface area contributed by atoms with Crippen molar-refractivity contribution in [3.8, 4) is 0 Å². The van der Waals surface area contributed by atoms with Crippen LogP contribution in [0.25, 0.3) is 0 Å². The van der Waals surface area contributed by atoms with Crippen LogP contribution in [0.4, 0.5) is 4.39 Å². The molecule has 0 spiro atoms. The first kappa shape index (κ1) is 39.1. The molecule has 0 heterocycles. The largest absolute Gasteiger partial charge is 0.341 e. The number of hydrogen-bond acceptors (Lipinski definition) is 0. The Labute approximate surface area is 260 Å². The smallest absolute Gasteiger partial charge is 0.251 e. The lowest BCUT2D eigenvalue weighted by atomic mass is 9.90. The van der Waals surface area contributed by atoms with Gasteiger partial charge in [-0.3, -0.25) is 4.39 Å². The van der Waals surface area contributed by atoms with Crippen molar-refractivity contribution < 1.29 is 4.39 Å². The van der Waals surface area contributed by atoms with Crippen molar-refractivity contribution in [3.63, 3.8) is 0 Å². The molecular weight excluding hydrogens is 624 g/mol. The van der Waals surface area contributed by atoms with Crippen LogP contribution in [0.2, 0.25) is 12.1 Å². The van der Waals surface area contributed by atoms with Gasteiger partial charge in [0.15, 0.2) is 0 Å². The van der Waals surface area contributed by atoms with Gasteiger partial charge in [0.05, 0.1) is 6.67 Å². The van der Waals surface area contributed by atoms with Crippen molar-refractivity contribution in [1.29, 1.82) is 0 Å². The first-order valence-electron chi connectivity index (χ1n) is 15.3. The van der Waals surface area contributed by atoms with Crippen molar-refractivity contribution in [2.75, 3.05) is 6.67 Å². The van der Waals surface area contributed by atoms with Gasteiger partial charge in [-0.1, -0.05) is 129 Å². The Bertz CT molecular complexity index is 488. The molecule has 2 unspecified atom stereocenters. The van der Waals surface area contributed by atoms with Gasteiger partial charge in [-0.15, -0.1) is 66.5 Å². The topological polar surface area (TPSA) is 0 Å². The molecule has 9 heteroatoms. The highest BCUT2D eigenvalue weighted by Crippen LogP contribution is 2.33. The molecule has 0 N–H and O–H groups in total. The molecule has 0 aromatic heterocycles. The zero-order valence-corrected chi connectivity index (χ0v) is 30.0. The highest BCUT2D eigenvalue weighted by molar-refractivity contribution is 7.65. The molecule has 0 fully saturated rings. The van der Waals surface area contributed by atoms with E-state index in [0.717, 1.165) is 37.8 Å². The molecule has 224 valence electrons. The fourth-order valence-electron chi connectivity index (χ4n) is 5.27. The van der Waals surface area contributed by atoms with E-state index in [4.69, 9.17) is 66.5 Å². The number of alkyl halides is 1. The summed E-state index contributed by atoms with van der Waals surface area (Å²) in [6.07, 6.45) is 26.9. The average molecular weight is 680 g/mol. The van der Waals surface area contributed by atoms with Crippen LogP contribution in [-0.2, 0) is 0 Å². The first-order chi connectivity index (χ1) is 17.6. The summed E-state index contributed by atoms with van der Waals surface area (Å²) in [5, 5.41) is 0. The van der Waals surface area contributed by atoms with E-state index in [-0.39, 0.29) is 6.67 Å². The van der Waals surface area contributed by atoms with Gasteiger partial charge >= 0.3 is 12.0 Å². The summed E-state index contributed by atoms with van der Waals surface area (Å²) in [6, 6.07) is -3.51. The second kappa shape index (κ2) is 25.8. The number of hydrogen-bond donors (Lipinski definition) is 0. The van der Waals surface area contributed by atoms with Gasteiger partial charge in [-0.25, -0.2) is 0 Å². The molecule has 37 heavy (non-hydrogen) atoms. The van der Waals surface area contributed by atoms with Gasteiger partial charge in [0.2, 0.25) is 0 Å². The lowest BCUT2D eigenvalue weighted by Gasteiger charge is -2.20. The first-order valence-corrected chi connectivity index (χ1v) is 25.8. The van der Waals surface area contributed by atoms with E-state index in [2.05, 4.69) is 6.92 Å². The van der Waals surface area contributed by atoms with Gasteiger partial charge in [-0.2, -0.15) is 0 Å². The summed E-state index contributed by atoms with van der Waals surface area (Å²) < 4.78 is 12.2. The molecule has 0 rings (SSSR count). The fraction of sp³-hybridized carbons (Fsp3) is 1.00. The molecule has 0 nitrogen and oxygen atoms in total. The van der Waals surface area contributed by atoms with E-state index in [0.29, 0.717) is 18.3 Å². The Hall–Kier alpha value is 2.10. The Kier molecular flexibility index (Phi) is 27.3. The SMILES string of the molecule is CCCCCCCCC(CCCCCCC(CCCCCCCCF)CC[Si](Cl)(Cl)Cl)CC[Si](Cl)(Cl)Cl. The molecule has 0 aromatic rings. The van der Waals surface area contributed by atoms with Gasteiger partial charge in [0, 0.05) is 0 Å². The molecule has 0 radical (unpaired) electrons. The zero-order valence-electron chi connectivity index (χ0n) is 23.5. The maximum absolute atomic E-state index is 12.2. The summed E-state index contributed by atoms with van der Waals surface area (Å²) in [6.45, 7) is 2.09. The molecule has 0 saturated carbocycles. The molecule has 0 aromatic carbocycles. The third kappa shape index (κ3) is 30.9. The molecule has 0 aliphatic carbocycles. The summed E-state index contributed by atoms with van der Waals surface area (Å²) in [5.41, 5.74) is 0. The monoisotopic (exact) mass is 676 g/mol. The fourth-order valence-corrected chi connectivity index (χ4v) is 8.70. The van der Waals surface area contributed by atoms with Gasteiger partial charge in [0.25, 0.3) is 0 Å². The van der Waals surface area contributed by atoms with Crippen molar-refractivity contribution in [1.82, 2.24) is 0 Å². The second-order valence-electron chi connectivity index (χ2n) is 11.2.